The highest BCUT2D eigenvalue weighted by Crippen LogP contribution is 2.06. The van der Waals surface area contributed by atoms with Crippen molar-refractivity contribution in [3.05, 3.63) is 62.8 Å². The third-order valence-electron chi connectivity index (χ3n) is 4.93. The molecule has 0 atom stereocenters. The number of anilines is 1. The van der Waals surface area contributed by atoms with Crippen molar-refractivity contribution < 1.29 is 5.11 Å². The van der Waals surface area contributed by atoms with E-state index in [1.54, 1.807) is 7.05 Å². The standard InChI is InChI=1S/C21H32N4O3/c1-23-19(17-20(27)24(2)21(23)28)22-12-15-25(14-8-16-26)13-7-6-11-18-9-4-3-5-10-18/h3-5,9-10,17,22,26H,6-8,11-16H2,1-2H3. The summed E-state index contributed by atoms with van der Waals surface area (Å²) in [4.78, 5) is 26.1. The van der Waals surface area contributed by atoms with Crippen LogP contribution in [-0.2, 0) is 20.5 Å². The van der Waals surface area contributed by atoms with Crippen LogP contribution in [0.2, 0.25) is 0 Å². The highest BCUT2D eigenvalue weighted by atomic mass is 16.3. The Kier molecular flexibility index (Phi) is 8.97. The molecule has 2 N–H and O–H groups in total. The number of aliphatic hydroxyl groups excluding tert-OH is 1. The van der Waals surface area contributed by atoms with Gasteiger partial charge in [0.1, 0.15) is 5.82 Å². The molecule has 0 spiro atoms. The zero-order chi connectivity index (χ0) is 20.4. The van der Waals surface area contributed by atoms with Gasteiger partial charge in [0.15, 0.2) is 0 Å². The maximum atomic E-state index is 12.0. The number of unbranched alkanes of at least 4 members (excludes halogenated alkanes) is 1. The third kappa shape index (κ3) is 6.65. The number of rotatable bonds is 12. The van der Waals surface area contributed by atoms with Crippen molar-refractivity contribution in [3.8, 4) is 0 Å². The molecule has 0 saturated carbocycles. The lowest BCUT2D eigenvalue weighted by Gasteiger charge is -2.23. The van der Waals surface area contributed by atoms with Crippen LogP contribution < -0.4 is 16.6 Å². The Morgan fingerprint density at radius 2 is 1.68 bits per heavy atom. The average molecular weight is 389 g/mol. The summed E-state index contributed by atoms with van der Waals surface area (Å²) in [5, 5.41) is 12.3. The molecule has 1 aromatic heterocycles. The number of nitrogens with one attached hydrogen (secondary N) is 1. The summed E-state index contributed by atoms with van der Waals surface area (Å²) in [6.07, 6.45) is 4.02. The van der Waals surface area contributed by atoms with Gasteiger partial charge in [0.2, 0.25) is 0 Å². The Morgan fingerprint density at radius 3 is 2.39 bits per heavy atom. The van der Waals surface area contributed by atoms with Crippen LogP contribution in [-0.4, -0.2) is 51.9 Å². The molecule has 0 aliphatic carbocycles. The molecule has 0 unspecified atom stereocenters. The van der Waals surface area contributed by atoms with Crippen LogP contribution in [0, 0.1) is 0 Å². The van der Waals surface area contributed by atoms with Crippen LogP contribution in [0.25, 0.3) is 0 Å². The maximum absolute atomic E-state index is 12.0. The first-order valence-electron chi connectivity index (χ1n) is 9.91. The summed E-state index contributed by atoms with van der Waals surface area (Å²) in [7, 11) is 3.12. The van der Waals surface area contributed by atoms with Crippen molar-refractivity contribution >= 4 is 5.82 Å². The highest BCUT2D eigenvalue weighted by molar-refractivity contribution is 5.33. The third-order valence-corrected chi connectivity index (χ3v) is 4.93. The molecule has 0 aliphatic heterocycles. The van der Waals surface area contributed by atoms with E-state index in [9.17, 15) is 9.59 Å². The minimum atomic E-state index is -0.340. The molecule has 7 nitrogen and oxygen atoms in total. The van der Waals surface area contributed by atoms with Gasteiger partial charge in [-0.05, 0) is 37.8 Å². The van der Waals surface area contributed by atoms with Crippen LogP contribution in [0.15, 0.2) is 46.0 Å². The summed E-state index contributed by atoms with van der Waals surface area (Å²) in [6.45, 7) is 3.39. The molecule has 0 bridgehead atoms. The second-order valence-corrected chi connectivity index (χ2v) is 7.06. The molecular formula is C21H32N4O3. The van der Waals surface area contributed by atoms with E-state index in [0.717, 1.165) is 49.9 Å². The van der Waals surface area contributed by atoms with Crippen molar-refractivity contribution in [2.24, 2.45) is 14.1 Å². The number of aromatic nitrogens is 2. The normalized spacial score (nSPS) is 11.1. The fourth-order valence-corrected chi connectivity index (χ4v) is 3.18. The second kappa shape index (κ2) is 11.5. The van der Waals surface area contributed by atoms with Crippen molar-refractivity contribution in [1.82, 2.24) is 14.0 Å². The van der Waals surface area contributed by atoms with E-state index >= 15 is 0 Å². The van der Waals surface area contributed by atoms with Crippen LogP contribution in [0.4, 0.5) is 5.82 Å². The first-order chi connectivity index (χ1) is 13.5. The van der Waals surface area contributed by atoms with E-state index in [-0.39, 0.29) is 17.9 Å². The predicted molar refractivity (Wildman–Crippen MR) is 113 cm³/mol. The molecule has 28 heavy (non-hydrogen) atoms. The van der Waals surface area contributed by atoms with Crippen LogP contribution in [0.3, 0.4) is 0 Å². The SMILES string of the molecule is Cn1c(NCCN(CCCO)CCCCc2ccccc2)cc(=O)n(C)c1=O. The number of benzene rings is 1. The van der Waals surface area contributed by atoms with Gasteiger partial charge in [0, 0.05) is 46.4 Å². The zero-order valence-corrected chi connectivity index (χ0v) is 16.9. The molecular weight excluding hydrogens is 356 g/mol. The maximum Gasteiger partial charge on any atom is 0.332 e. The molecule has 7 heteroatoms. The first kappa shape index (κ1) is 21.9. The first-order valence-corrected chi connectivity index (χ1v) is 9.91. The van der Waals surface area contributed by atoms with E-state index in [0.29, 0.717) is 12.4 Å². The molecule has 0 amide bonds. The summed E-state index contributed by atoms with van der Waals surface area (Å²) in [6, 6.07) is 11.9. The second-order valence-electron chi connectivity index (χ2n) is 7.06. The minimum absolute atomic E-state index is 0.178. The van der Waals surface area contributed by atoms with Crippen LogP contribution in [0.5, 0.6) is 0 Å². The van der Waals surface area contributed by atoms with Gasteiger partial charge in [-0.2, -0.15) is 0 Å². The lowest BCUT2D eigenvalue weighted by atomic mass is 10.1. The summed E-state index contributed by atoms with van der Waals surface area (Å²) in [5.74, 6) is 0.527. The Balaban J connectivity index is 1.81. The van der Waals surface area contributed by atoms with Crippen LogP contribution in [0.1, 0.15) is 24.8 Å². The quantitative estimate of drug-likeness (QED) is 0.534. The van der Waals surface area contributed by atoms with E-state index in [4.69, 9.17) is 5.11 Å². The van der Waals surface area contributed by atoms with E-state index < -0.39 is 0 Å². The number of aliphatic hydroxyl groups is 1. The molecule has 154 valence electrons. The van der Waals surface area contributed by atoms with Crippen molar-refractivity contribution in [1.29, 1.82) is 0 Å². The fraction of sp³-hybridized carbons (Fsp3) is 0.524. The highest BCUT2D eigenvalue weighted by Gasteiger charge is 2.08. The molecule has 0 fully saturated rings. The Bertz CT molecular complexity index is 830. The van der Waals surface area contributed by atoms with Gasteiger partial charge in [0.05, 0.1) is 0 Å². The van der Waals surface area contributed by atoms with E-state index in [2.05, 4.69) is 34.5 Å². The van der Waals surface area contributed by atoms with E-state index in [1.165, 1.54) is 23.2 Å². The summed E-state index contributed by atoms with van der Waals surface area (Å²) in [5.41, 5.74) is 0.703. The van der Waals surface area contributed by atoms with Gasteiger partial charge in [-0.15, -0.1) is 0 Å². The van der Waals surface area contributed by atoms with Gasteiger partial charge >= 0.3 is 5.69 Å². The van der Waals surface area contributed by atoms with Gasteiger partial charge in [-0.25, -0.2) is 4.79 Å². The smallest absolute Gasteiger partial charge is 0.332 e. The van der Waals surface area contributed by atoms with E-state index in [1.807, 2.05) is 6.07 Å². The van der Waals surface area contributed by atoms with Crippen molar-refractivity contribution in [3.63, 3.8) is 0 Å². The number of aryl methyl sites for hydroxylation is 1. The Morgan fingerprint density at radius 1 is 0.964 bits per heavy atom. The monoisotopic (exact) mass is 388 g/mol. The molecule has 0 radical (unpaired) electrons. The Hall–Kier alpha value is -2.38. The lowest BCUT2D eigenvalue weighted by molar-refractivity contribution is 0.226. The molecule has 0 saturated heterocycles. The molecule has 1 aromatic carbocycles. The molecule has 2 aromatic rings. The summed E-state index contributed by atoms with van der Waals surface area (Å²) >= 11 is 0. The Labute approximate surface area is 166 Å². The number of hydrogen-bond donors (Lipinski definition) is 2. The van der Waals surface area contributed by atoms with Gasteiger partial charge < -0.3 is 15.3 Å². The molecule has 2 rings (SSSR count). The van der Waals surface area contributed by atoms with Crippen molar-refractivity contribution in [2.75, 3.05) is 38.1 Å². The number of hydrogen-bond acceptors (Lipinski definition) is 5. The number of nitrogens with zero attached hydrogens (tertiary/aromatic N) is 3. The van der Waals surface area contributed by atoms with Gasteiger partial charge in [-0.3, -0.25) is 13.9 Å². The average Bonchev–Trinajstić information content (AvgIpc) is 2.71. The molecule has 0 aliphatic rings. The fourth-order valence-electron chi connectivity index (χ4n) is 3.18. The van der Waals surface area contributed by atoms with Crippen LogP contribution >= 0.6 is 0 Å². The van der Waals surface area contributed by atoms with Gasteiger partial charge in [0.25, 0.3) is 5.56 Å². The topological polar surface area (TPSA) is 79.5 Å². The van der Waals surface area contributed by atoms with Gasteiger partial charge in [-0.1, -0.05) is 30.3 Å². The lowest BCUT2D eigenvalue weighted by Crippen LogP contribution is -2.38. The summed E-state index contributed by atoms with van der Waals surface area (Å²) < 4.78 is 2.53. The largest absolute Gasteiger partial charge is 0.396 e. The zero-order valence-electron chi connectivity index (χ0n) is 16.9. The predicted octanol–water partition coefficient (Wildman–Crippen LogP) is 1.20. The van der Waals surface area contributed by atoms with Crippen molar-refractivity contribution in [2.45, 2.75) is 25.7 Å². The minimum Gasteiger partial charge on any atom is -0.396 e. The molecule has 1 heterocycles.